The molecule has 0 aliphatic heterocycles. The zero-order valence-corrected chi connectivity index (χ0v) is 15.5. The van der Waals surface area contributed by atoms with Crippen molar-refractivity contribution in [3.63, 3.8) is 0 Å². The van der Waals surface area contributed by atoms with Crippen molar-refractivity contribution in [2.75, 3.05) is 0 Å². The van der Waals surface area contributed by atoms with Crippen LogP contribution < -0.4 is 0 Å². The predicted molar refractivity (Wildman–Crippen MR) is 91.5 cm³/mol. The second-order valence-electron chi connectivity index (χ2n) is 9.09. The van der Waals surface area contributed by atoms with Gasteiger partial charge in [-0.25, -0.2) is 0 Å². The molecule has 0 saturated carbocycles. The molecule has 0 radical (unpaired) electrons. The molecule has 1 rings (SSSR count). The molecule has 0 bridgehead atoms. The lowest BCUT2D eigenvalue weighted by atomic mass is 9.73. The highest BCUT2D eigenvalue weighted by Crippen LogP contribution is 2.38. The lowest BCUT2D eigenvalue weighted by Gasteiger charge is -2.32. The molecule has 0 heterocycles. The van der Waals surface area contributed by atoms with Crippen molar-refractivity contribution in [1.29, 1.82) is 0 Å². The SMILES string of the molecule is CC(C)(C)C1=CC(=CN(O)C(C)(C)C)C(=O)C(C(C)(C)C)=C1. The Kier molecular flexibility index (Phi) is 4.84. The van der Waals surface area contributed by atoms with Gasteiger partial charge in [-0.15, -0.1) is 0 Å². The van der Waals surface area contributed by atoms with E-state index in [-0.39, 0.29) is 16.6 Å². The molecule has 3 nitrogen and oxygen atoms in total. The zero-order chi connectivity index (χ0) is 17.5. The number of nitrogens with zero attached hydrogens (tertiary/aromatic N) is 1. The first-order valence-corrected chi connectivity index (χ1v) is 7.83. The lowest BCUT2D eigenvalue weighted by Crippen LogP contribution is -2.35. The molecule has 0 atom stereocenters. The van der Waals surface area contributed by atoms with Crippen molar-refractivity contribution in [3.05, 3.63) is 35.1 Å². The van der Waals surface area contributed by atoms with Gasteiger partial charge in [0.1, 0.15) is 0 Å². The Hall–Kier alpha value is -1.35. The molecule has 0 aromatic rings. The maximum absolute atomic E-state index is 12.8. The van der Waals surface area contributed by atoms with E-state index < -0.39 is 5.54 Å². The summed E-state index contributed by atoms with van der Waals surface area (Å²) in [5, 5.41) is 11.3. The fourth-order valence-corrected chi connectivity index (χ4v) is 2.06. The van der Waals surface area contributed by atoms with Crippen LogP contribution in [0.2, 0.25) is 0 Å². The number of hydrogen-bond donors (Lipinski definition) is 1. The van der Waals surface area contributed by atoms with Crippen LogP contribution in [0.3, 0.4) is 0 Å². The van der Waals surface area contributed by atoms with E-state index in [2.05, 4.69) is 20.8 Å². The maximum atomic E-state index is 12.8. The summed E-state index contributed by atoms with van der Waals surface area (Å²) in [7, 11) is 0. The monoisotopic (exact) mass is 305 g/mol. The molecular formula is C19H31NO2. The van der Waals surface area contributed by atoms with Gasteiger partial charge in [-0.05, 0) is 43.3 Å². The fourth-order valence-electron chi connectivity index (χ4n) is 2.06. The van der Waals surface area contributed by atoms with Gasteiger partial charge in [-0.1, -0.05) is 47.6 Å². The van der Waals surface area contributed by atoms with Gasteiger partial charge < -0.3 is 0 Å². The fraction of sp³-hybridized carbons (Fsp3) is 0.632. The molecule has 1 aliphatic rings. The topological polar surface area (TPSA) is 40.5 Å². The molecule has 1 aliphatic carbocycles. The minimum absolute atomic E-state index is 0.0104. The highest BCUT2D eigenvalue weighted by molar-refractivity contribution is 6.12. The van der Waals surface area contributed by atoms with E-state index in [4.69, 9.17) is 0 Å². The summed E-state index contributed by atoms with van der Waals surface area (Å²) in [4.78, 5) is 12.8. The summed E-state index contributed by atoms with van der Waals surface area (Å²) in [6.45, 7) is 18.2. The van der Waals surface area contributed by atoms with Gasteiger partial charge in [-0.2, -0.15) is 0 Å². The van der Waals surface area contributed by atoms with Crippen LogP contribution in [0.15, 0.2) is 35.1 Å². The van der Waals surface area contributed by atoms with E-state index in [0.29, 0.717) is 5.57 Å². The molecule has 124 valence electrons. The molecular weight excluding hydrogens is 274 g/mol. The van der Waals surface area contributed by atoms with Gasteiger partial charge in [0.15, 0.2) is 5.78 Å². The Morgan fingerprint density at radius 3 is 1.77 bits per heavy atom. The number of rotatable bonds is 1. The molecule has 22 heavy (non-hydrogen) atoms. The third kappa shape index (κ3) is 4.33. The standard InChI is InChI=1S/C19H31NO2/c1-17(2,3)14-10-13(12-20(22)19(7,8)9)16(21)15(11-14)18(4,5)6/h10-12,22H,1-9H3. The van der Waals surface area contributed by atoms with E-state index in [1.165, 1.54) is 0 Å². The number of allylic oxidation sites excluding steroid dienone is 5. The summed E-state index contributed by atoms with van der Waals surface area (Å²) >= 11 is 0. The van der Waals surface area contributed by atoms with Crippen LogP contribution in [-0.2, 0) is 4.79 Å². The Morgan fingerprint density at radius 2 is 1.41 bits per heavy atom. The van der Waals surface area contributed by atoms with E-state index in [9.17, 15) is 10.0 Å². The van der Waals surface area contributed by atoms with Crippen LogP contribution >= 0.6 is 0 Å². The van der Waals surface area contributed by atoms with Crippen molar-refractivity contribution < 1.29 is 10.0 Å². The van der Waals surface area contributed by atoms with Crippen LogP contribution in [0.5, 0.6) is 0 Å². The van der Waals surface area contributed by atoms with Gasteiger partial charge in [0.2, 0.25) is 0 Å². The molecule has 0 spiro atoms. The third-order valence-electron chi connectivity index (χ3n) is 3.74. The quantitative estimate of drug-likeness (QED) is 0.554. The number of hydrogen-bond acceptors (Lipinski definition) is 3. The highest BCUT2D eigenvalue weighted by atomic mass is 16.5. The molecule has 0 saturated heterocycles. The van der Waals surface area contributed by atoms with Crippen molar-refractivity contribution in [2.24, 2.45) is 10.8 Å². The molecule has 3 heteroatoms. The average molecular weight is 305 g/mol. The molecule has 0 aromatic heterocycles. The van der Waals surface area contributed by atoms with Crippen LogP contribution in [0.25, 0.3) is 0 Å². The largest absolute Gasteiger partial charge is 0.289 e. The van der Waals surface area contributed by atoms with Gasteiger partial charge in [0.05, 0.1) is 5.54 Å². The molecule has 0 unspecified atom stereocenters. The van der Waals surface area contributed by atoms with Gasteiger partial charge in [-0.3, -0.25) is 15.1 Å². The van der Waals surface area contributed by atoms with E-state index in [1.807, 2.05) is 53.7 Å². The number of hydroxylamine groups is 2. The van der Waals surface area contributed by atoms with E-state index in [0.717, 1.165) is 16.2 Å². The van der Waals surface area contributed by atoms with Crippen molar-refractivity contribution in [2.45, 2.75) is 67.9 Å². The number of Topliss-reactive ketones (excluding diaryl/α,β-unsaturated/α-hetero) is 1. The number of ketones is 1. The van der Waals surface area contributed by atoms with E-state index in [1.54, 1.807) is 6.20 Å². The molecule has 0 fully saturated rings. The Balaban J connectivity index is 3.43. The maximum Gasteiger partial charge on any atom is 0.191 e. The normalized spacial score (nSPS) is 19.2. The lowest BCUT2D eigenvalue weighted by molar-refractivity contribution is -0.117. The Morgan fingerprint density at radius 1 is 0.909 bits per heavy atom. The molecule has 0 aromatic carbocycles. The van der Waals surface area contributed by atoms with Crippen molar-refractivity contribution >= 4 is 5.78 Å². The Bertz CT molecular complexity index is 543. The van der Waals surface area contributed by atoms with Crippen molar-refractivity contribution in [1.82, 2.24) is 5.06 Å². The summed E-state index contributed by atoms with van der Waals surface area (Å²) in [5.74, 6) is -0.0104. The summed E-state index contributed by atoms with van der Waals surface area (Å²) in [5.41, 5.74) is 1.68. The highest BCUT2D eigenvalue weighted by Gasteiger charge is 2.32. The first kappa shape index (κ1) is 18.7. The number of carbonyl (C=O) groups excluding carboxylic acids is 1. The van der Waals surface area contributed by atoms with Gasteiger partial charge >= 0.3 is 0 Å². The van der Waals surface area contributed by atoms with Gasteiger partial charge in [0, 0.05) is 17.3 Å². The van der Waals surface area contributed by atoms with E-state index >= 15 is 0 Å². The summed E-state index contributed by atoms with van der Waals surface area (Å²) in [6.07, 6.45) is 5.46. The smallest absolute Gasteiger partial charge is 0.191 e. The first-order chi connectivity index (χ1) is 9.64. The summed E-state index contributed by atoms with van der Waals surface area (Å²) in [6, 6.07) is 0. The zero-order valence-electron chi connectivity index (χ0n) is 15.5. The molecule has 1 N–H and O–H groups in total. The van der Waals surface area contributed by atoms with Crippen LogP contribution in [0.4, 0.5) is 0 Å². The minimum atomic E-state index is -0.452. The first-order valence-electron chi connectivity index (χ1n) is 7.83. The van der Waals surface area contributed by atoms with Crippen LogP contribution in [0.1, 0.15) is 62.3 Å². The number of carbonyl (C=O) groups is 1. The predicted octanol–water partition coefficient (Wildman–Crippen LogP) is 4.89. The second-order valence-corrected chi connectivity index (χ2v) is 9.09. The van der Waals surface area contributed by atoms with Crippen LogP contribution in [0, 0.1) is 10.8 Å². The third-order valence-corrected chi connectivity index (χ3v) is 3.74. The second kappa shape index (κ2) is 5.69. The van der Waals surface area contributed by atoms with Crippen molar-refractivity contribution in [3.8, 4) is 0 Å². The summed E-state index contributed by atoms with van der Waals surface area (Å²) < 4.78 is 0. The average Bonchev–Trinajstić information content (AvgIpc) is 2.27. The minimum Gasteiger partial charge on any atom is -0.289 e. The Labute approximate surface area is 135 Å². The van der Waals surface area contributed by atoms with Crippen LogP contribution in [-0.4, -0.2) is 21.6 Å². The molecule has 0 amide bonds. The van der Waals surface area contributed by atoms with Gasteiger partial charge in [0.25, 0.3) is 0 Å².